The minimum Gasteiger partial charge on any atom is -0.491 e. The first-order valence-electron chi connectivity index (χ1n) is 7.41. The summed E-state index contributed by atoms with van der Waals surface area (Å²) >= 11 is 0. The van der Waals surface area contributed by atoms with Crippen molar-refractivity contribution in [2.75, 3.05) is 19.7 Å². The molecule has 0 spiro atoms. The molecule has 1 aliphatic rings. The van der Waals surface area contributed by atoms with Crippen LogP contribution in [-0.4, -0.2) is 41.7 Å². The van der Waals surface area contributed by atoms with Gasteiger partial charge in [-0.1, -0.05) is 25.5 Å². The molecule has 1 aliphatic carbocycles. The number of nitrogens with zero attached hydrogens (tertiary/aromatic N) is 1. The normalized spacial score (nSPS) is 14.5. The molecule has 1 saturated carbocycles. The van der Waals surface area contributed by atoms with E-state index in [0.717, 1.165) is 19.1 Å². The van der Waals surface area contributed by atoms with Crippen LogP contribution in [-0.2, 0) is 0 Å². The first-order valence-corrected chi connectivity index (χ1v) is 7.41. The molecule has 1 N–H and O–H groups in total. The fourth-order valence-electron chi connectivity index (χ4n) is 2.32. The van der Waals surface area contributed by atoms with Gasteiger partial charge in [-0.25, -0.2) is 4.79 Å². The molecule has 0 aromatic heterocycles. The van der Waals surface area contributed by atoms with Crippen LogP contribution in [0.4, 0.5) is 0 Å². The number of benzene rings is 1. The molecule has 4 heteroatoms. The van der Waals surface area contributed by atoms with Crippen molar-refractivity contribution in [1.82, 2.24) is 4.90 Å². The van der Waals surface area contributed by atoms with E-state index in [-0.39, 0.29) is 5.56 Å². The third kappa shape index (κ3) is 4.23. The fourth-order valence-corrected chi connectivity index (χ4v) is 2.32. The van der Waals surface area contributed by atoms with Crippen LogP contribution in [0.2, 0.25) is 0 Å². The van der Waals surface area contributed by atoms with Gasteiger partial charge in [0.2, 0.25) is 0 Å². The lowest BCUT2D eigenvalue weighted by Crippen LogP contribution is -2.31. The Hall–Kier alpha value is -1.55. The van der Waals surface area contributed by atoms with Gasteiger partial charge in [-0.15, -0.1) is 0 Å². The van der Waals surface area contributed by atoms with E-state index in [1.165, 1.54) is 25.7 Å². The largest absolute Gasteiger partial charge is 0.491 e. The molecule has 20 heavy (non-hydrogen) atoms. The van der Waals surface area contributed by atoms with Gasteiger partial charge >= 0.3 is 5.97 Å². The summed E-state index contributed by atoms with van der Waals surface area (Å²) in [5.74, 6) is -0.475. The molecular weight excluding hydrogens is 254 g/mol. The van der Waals surface area contributed by atoms with Crippen molar-refractivity contribution < 1.29 is 14.6 Å². The average molecular weight is 277 g/mol. The number of rotatable bonds is 9. The van der Waals surface area contributed by atoms with Crippen LogP contribution in [0, 0.1) is 0 Å². The smallest absolute Gasteiger partial charge is 0.339 e. The van der Waals surface area contributed by atoms with Crippen molar-refractivity contribution in [3.8, 4) is 5.75 Å². The number of carboxylic acid groups (broad SMARTS) is 1. The Bertz CT molecular complexity index is 443. The zero-order valence-corrected chi connectivity index (χ0v) is 12.0. The third-order valence-electron chi connectivity index (χ3n) is 3.62. The molecular formula is C16H23NO3. The zero-order chi connectivity index (χ0) is 14.4. The van der Waals surface area contributed by atoms with Crippen LogP contribution in [0.1, 0.15) is 43.0 Å². The molecule has 2 rings (SSSR count). The number of aromatic carboxylic acids is 1. The van der Waals surface area contributed by atoms with Crippen molar-refractivity contribution in [3.63, 3.8) is 0 Å². The first-order chi connectivity index (χ1) is 9.72. The standard InChI is InChI=1S/C16H23NO3/c1-2-3-10-17(13-8-9-13)11-12-20-15-7-5-4-6-14(15)16(18)19/h4-7,13H,2-3,8-12H2,1H3,(H,18,19). The number of carboxylic acids is 1. The second-order valence-corrected chi connectivity index (χ2v) is 5.27. The number of para-hydroxylation sites is 1. The van der Waals surface area contributed by atoms with Crippen molar-refractivity contribution in [2.45, 2.75) is 38.6 Å². The quantitative estimate of drug-likeness (QED) is 0.753. The van der Waals surface area contributed by atoms with Crippen LogP contribution >= 0.6 is 0 Å². The summed E-state index contributed by atoms with van der Waals surface area (Å²) in [5, 5.41) is 9.10. The van der Waals surface area contributed by atoms with Crippen LogP contribution < -0.4 is 4.74 Å². The molecule has 0 unspecified atom stereocenters. The van der Waals surface area contributed by atoms with Gasteiger partial charge in [0.05, 0.1) is 0 Å². The molecule has 1 fully saturated rings. The average Bonchev–Trinajstić information content (AvgIpc) is 3.27. The number of ether oxygens (including phenoxy) is 1. The molecule has 0 saturated heterocycles. The van der Waals surface area contributed by atoms with Crippen LogP contribution in [0.25, 0.3) is 0 Å². The number of carbonyl (C=O) groups is 1. The van der Waals surface area contributed by atoms with Gasteiger partial charge in [-0.05, 0) is 37.9 Å². The number of unbranched alkanes of at least 4 members (excludes halogenated alkanes) is 1. The van der Waals surface area contributed by atoms with E-state index in [9.17, 15) is 4.79 Å². The van der Waals surface area contributed by atoms with Gasteiger partial charge < -0.3 is 9.84 Å². The predicted molar refractivity (Wildman–Crippen MR) is 78.4 cm³/mol. The Balaban J connectivity index is 1.83. The van der Waals surface area contributed by atoms with Gasteiger partial charge in [0.15, 0.2) is 0 Å². The highest BCUT2D eigenvalue weighted by atomic mass is 16.5. The maximum absolute atomic E-state index is 11.1. The lowest BCUT2D eigenvalue weighted by molar-refractivity contribution is 0.0691. The monoisotopic (exact) mass is 277 g/mol. The summed E-state index contributed by atoms with van der Waals surface area (Å²) in [7, 11) is 0. The Morgan fingerprint density at radius 1 is 1.35 bits per heavy atom. The van der Waals surface area contributed by atoms with Crippen molar-refractivity contribution in [2.24, 2.45) is 0 Å². The molecule has 0 aliphatic heterocycles. The number of hydrogen-bond acceptors (Lipinski definition) is 3. The van der Waals surface area contributed by atoms with Gasteiger partial charge in [-0.2, -0.15) is 0 Å². The summed E-state index contributed by atoms with van der Waals surface area (Å²) in [6.45, 7) is 4.74. The minimum absolute atomic E-state index is 0.235. The van der Waals surface area contributed by atoms with Gasteiger partial charge in [0.1, 0.15) is 17.9 Å². The summed E-state index contributed by atoms with van der Waals surface area (Å²) in [6.07, 6.45) is 4.99. The second kappa shape index (κ2) is 7.29. The predicted octanol–water partition coefficient (Wildman–Crippen LogP) is 3.03. The summed E-state index contributed by atoms with van der Waals surface area (Å²) in [4.78, 5) is 13.6. The van der Waals surface area contributed by atoms with Crippen LogP contribution in [0.5, 0.6) is 5.75 Å². The first kappa shape index (κ1) is 14.9. The molecule has 110 valence electrons. The molecule has 1 aromatic rings. The van der Waals surface area contributed by atoms with Crippen molar-refractivity contribution >= 4 is 5.97 Å². The molecule has 0 bridgehead atoms. The SMILES string of the molecule is CCCCN(CCOc1ccccc1C(=O)O)C1CC1. The molecule has 0 heterocycles. The summed E-state index contributed by atoms with van der Waals surface area (Å²) < 4.78 is 5.66. The van der Waals surface area contributed by atoms with E-state index < -0.39 is 5.97 Å². The van der Waals surface area contributed by atoms with Gasteiger partial charge in [0, 0.05) is 12.6 Å². The van der Waals surface area contributed by atoms with E-state index in [4.69, 9.17) is 9.84 Å². The fraction of sp³-hybridized carbons (Fsp3) is 0.562. The van der Waals surface area contributed by atoms with E-state index in [1.54, 1.807) is 24.3 Å². The van der Waals surface area contributed by atoms with Crippen LogP contribution in [0.15, 0.2) is 24.3 Å². The highest BCUT2D eigenvalue weighted by Crippen LogP contribution is 2.27. The lowest BCUT2D eigenvalue weighted by atomic mass is 10.2. The van der Waals surface area contributed by atoms with E-state index in [2.05, 4.69) is 11.8 Å². The Morgan fingerprint density at radius 3 is 2.75 bits per heavy atom. The van der Waals surface area contributed by atoms with E-state index >= 15 is 0 Å². The highest BCUT2D eigenvalue weighted by Gasteiger charge is 2.28. The van der Waals surface area contributed by atoms with Crippen LogP contribution in [0.3, 0.4) is 0 Å². The Morgan fingerprint density at radius 2 is 2.10 bits per heavy atom. The summed E-state index contributed by atoms with van der Waals surface area (Å²) in [5.41, 5.74) is 0.235. The van der Waals surface area contributed by atoms with Crippen molar-refractivity contribution in [3.05, 3.63) is 29.8 Å². The minimum atomic E-state index is -0.939. The van der Waals surface area contributed by atoms with Gasteiger partial charge in [-0.3, -0.25) is 4.90 Å². The van der Waals surface area contributed by atoms with E-state index in [0.29, 0.717) is 12.4 Å². The molecule has 4 nitrogen and oxygen atoms in total. The number of hydrogen-bond donors (Lipinski definition) is 1. The third-order valence-corrected chi connectivity index (χ3v) is 3.62. The molecule has 1 aromatic carbocycles. The van der Waals surface area contributed by atoms with Gasteiger partial charge in [0.25, 0.3) is 0 Å². The maximum atomic E-state index is 11.1. The maximum Gasteiger partial charge on any atom is 0.339 e. The summed E-state index contributed by atoms with van der Waals surface area (Å²) in [6, 6.07) is 7.54. The van der Waals surface area contributed by atoms with Crippen molar-refractivity contribution in [1.29, 1.82) is 0 Å². The molecule has 0 amide bonds. The highest BCUT2D eigenvalue weighted by molar-refractivity contribution is 5.90. The second-order valence-electron chi connectivity index (χ2n) is 5.27. The topological polar surface area (TPSA) is 49.8 Å². The molecule has 0 radical (unpaired) electrons. The Kier molecular flexibility index (Phi) is 5.41. The van der Waals surface area contributed by atoms with E-state index in [1.807, 2.05) is 0 Å². The lowest BCUT2D eigenvalue weighted by Gasteiger charge is -2.21. The molecule has 0 atom stereocenters. The zero-order valence-electron chi connectivity index (χ0n) is 12.0. The Labute approximate surface area is 120 Å².